The minimum Gasteiger partial charge on any atom is -0.494 e. The molecule has 0 aliphatic heterocycles. The lowest BCUT2D eigenvalue weighted by Gasteiger charge is -2.24. The van der Waals surface area contributed by atoms with E-state index in [1.165, 1.54) is 24.8 Å². The number of aliphatic hydroxyl groups excluding tert-OH is 2. The van der Waals surface area contributed by atoms with Gasteiger partial charge in [-0.15, -0.1) is 12.4 Å². The molecule has 0 unspecified atom stereocenters. The highest BCUT2D eigenvalue weighted by Crippen LogP contribution is 2.16. The Kier molecular flexibility index (Phi) is 13.0. The van der Waals surface area contributed by atoms with E-state index >= 15 is 0 Å². The lowest BCUT2D eigenvalue weighted by molar-refractivity contribution is 0.112. The molecule has 0 heterocycles. The summed E-state index contributed by atoms with van der Waals surface area (Å²) in [5.74, 6) is 0.937. The van der Waals surface area contributed by atoms with Gasteiger partial charge in [0, 0.05) is 0 Å². The number of halogens is 1. The molecular weight excluding hydrogens is 326 g/mol. The lowest BCUT2D eigenvalue weighted by atomic mass is 9.94. The summed E-state index contributed by atoms with van der Waals surface area (Å²) in [6.07, 6.45) is 8.38. The molecule has 0 amide bonds. The number of nitrogens with two attached hydrogens (primary N) is 1. The summed E-state index contributed by atoms with van der Waals surface area (Å²) in [4.78, 5) is 0. The fourth-order valence-corrected chi connectivity index (χ4v) is 2.49. The number of aryl methyl sites for hydroxylation is 1. The lowest BCUT2D eigenvalue weighted by Crippen LogP contribution is -2.47. The van der Waals surface area contributed by atoms with Crippen LogP contribution in [0.4, 0.5) is 0 Å². The van der Waals surface area contributed by atoms with Gasteiger partial charge in [-0.05, 0) is 43.4 Å². The Morgan fingerprint density at radius 1 is 0.958 bits per heavy atom. The smallest absolute Gasteiger partial charge is 0.119 e. The highest BCUT2D eigenvalue weighted by atomic mass is 35.5. The van der Waals surface area contributed by atoms with Crippen LogP contribution in [0.3, 0.4) is 0 Å². The molecule has 0 bridgehead atoms. The zero-order chi connectivity index (χ0) is 17.0. The second kappa shape index (κ2) is 13.5. The molecule has 0 spiro atoms. The number of hydrogen-bond acceptors (Lipinski definition) is 4. The zero-order valence-corrected chi connectivity index (χ0v) is 15.7. The Hall–Kier alpha value is -0.810. The molecular formula is C19H34ClNO3. The SMILES string of the molecule is CCCCCCOc1ccc(CCCCC(N)(CO)CO)cc1.Cl. The summed E-state index contributed by atoms with van der Waals surface area (Å²) in [6, 6.07) is 8.28. The van der Waals surface area contributed by atoms with Crippen LogP contribution in [-0.4, -0.2) is 35.6 Å². The van der Waals surface area contributed by atoms with Gasteiger partial charge in [-0.2, -0.15) is 0 Å². The fraction of sp³-hybridized carbons (Fsp3) is 0.684. The van der Waals surface area contributed by atoms with Crippen molar-refractivity contribution in [3.8, 4) is 5.75 Å². The van der Waals surface area contributed by atoms with Crippen molar-refractivity contribution in [3.63, 3.8) is 0 Å². The molecule has 1 rings (SSSR count). The second-order valence-corrected chi connectivity index (χ2v) is 6.44. The third-order valence-electron chi connectivity index (χ3n) is 4.21. The van der Waals surface area contributed by atoms with Gasteiger partial charge in [0.2, 0.25) is 0 Å². The summed E-state index contributed by atoms with van der Waals surface area (Å²) in [7, 11) is 0. The van der Waals surface area contributed by atoms with Crippen molar-refractivity contribution in [1.82, 2.24) is 0 Å². The molecule has 0 aliphatic rings. The molecule has 0 aromatic heterocycles. The Morgan fingerprint density at radius 3 is 2.21 bits per heavy atom. The van der Waals surface area contributed by atoms with Crippen molar-refractivity contribution in [3.05, 3.63) is 29.8 Å². The Bertz CT molecular complexity index is 408. The first-order chi connectivity index (χ1) is 11.1. The van der Waals surface area contributed by atoms with Crippen LogP contribution in [0.5, 0.6) is 5.75 Å². The van der Waals surface area contributed by atoms with E-state index in [-0.39, 0.29) is 25.6 Å². The second-order valence-electron chi connectivity index (χ2n) is 6.44. The van der Waals surface area contributed by atoms with Crippen LogP contribution in [0, 0.1) is 0 Å². The third kappa shape index (κ3) is 9.48. The van der Waals surface area contributed by atoms with E-state index in [1.54, 1.807) is 0 Å². The van der Waals surface area contributed by atoms with Gasteiger partial charge in [-0.3, -0.25) is 0 Å². The predicted molar refractivity (Wildman–Crippen MR) is 102 cm³/mol. The average Bonchev–Trinajstić information content (AvgIpc) is 2.59. The number of benzene rings is 1. The predicted octanol–water partition coefficient (Wildman–Crippen LogP) is 3.46. The number of rotatable bonds is 13. The quantitative estimate of drug-likeness (QED) is 0.471. The molecule has 0 saturated carbocycles. The van der Waals surface area contributed by atoms with Gasteiger partial charge in [-0.25, -0.2) is 0 Å². The minimum absolute atomic E-state index is 0. The molecule has 4 N–H and O–H groups in total. The normalized spacial score (nSPS) is 11.2. The van der Waals surface area contributed by atoms with E-state index in [0.29, 0.717) is 6.42 Å². The first-order valence-electron chi connectivity index (χ1n) is 8.86. The first-order valence-corrected chi connectivity index (χ1v) is 8.86. The molecule has 1 aromatic rings. The molecule has 0 fully saturated rings. The third-order valence-corrected chi connectivity index (χ3v) is 4.21. The van der Waals surface area contributed by atoms with Crippen LogP contribution >= 0.6 is 12.4 Å². The van der Waals surface area contributed by atoms with Gasteiger partial charge in [0.15, 0.2) is 0 Å². The summed E-state index contributed by atoms with van der Waals surface area (Å²) in [5, 5.41) is 18.3. The van der Waals surface area contributed by atoms with Crippen LogP contribution in [0.25, 0.3) is 0 Å². The van der Waals surface area contributed by atoms with Gasteiger partial charge in [-0.1, -0.05) is 44.7 Å². The van der Waals surface area contributed by atoms with Crippen LogP contribution < -0.4 is 10.5 Å². The summed E-state index contributed by atoms with van der Waals surface area (Å²) in [6.45, 7) is 2.66. The molecule has 140 valence electrons. The molecule has 24 heavy (non-hydrogen) atoms. The van der Waals surface area contributed by atoms with Crippen molar-refractivity contribution in [1.29, 1.82) is 0 Å². The van der Waals surface area contributed by atoms with Crippen LogP contribution in [0.2, 0.25) is 0 Å². The van der Waals surface area contributed by atoms with Crippen molar-refractivity contribution in [2.24, 2.45) is 5.73 Å². The number of unbranched alkanes of at least 4 members (excludes halogenated alkanes) is 4. The van der Waals surface area contributed by atoms with Crippen molar-refractivity contribution in [2.75, 3.05) is 19.8 Å². The highest BCUT2D eigenvalue weighted by Gasteiger charge is 2.21. The zero-order valence-electron chi connectivity index (χ0n) is 14.9. The van der Waals surface area contributed by atoms with Crippen LogP contribution in [0.1, 0.15) is 57.4 Å². The molecule has 0 atom stereocenters. The minimum atomic E-state index is -0.838. The van der Waals surface area contributed by atoms with E-state index in [1.807, 2.05) is 12.1 Å². The van der Waals surface area contributed by atoms with E-state index in [0.717, 1.165) is 38.0 Å². The summed E-state index contributed by atoms with van der Waals surface area (Å²) in [5.41, 5.74) is 6.30. The maximum absolute atomic E-state index is 9.15. The largest absolute Gasteiger partial charge is 0.494 e. The van der Waals surface area contributed by atoms with Gasteiger partial charge < -0.3 is 20.7 Å². The number of ether oxygens (including phenoxy) is 1. The molecule has 1 aromatic carbocycles. The average molecular weight is 360 g/mol. The standard InChI is InChI=1S/C19H33NO3.ClH/c1-2-3-4-7-14-23-18-11-9-17(10-12-18)8-5-6-13-19(20,15-21)16-22;/h9-12,21-22H,2-8,13-16,20H2,1H3;1H. The molecule has 5 heteroatoms. The van der Waals surface area contributed by atoms with E-state index in [2.05, 4.69) is 19.1 Å². The Labute approximate surface area is 152 Å². The topological polar surface area (TPSA) is 75.7 Å². The Balaban J connectivity index is 0.00000529. The van der Waals surface area contributed by atoms with Crippen molar-refractivity contribution < 1.29 is 14.9 Å². The number of aliphatic hydroxyl groups is 2. The first kappa shape index (κ1) is 23.2. The van der Waals surface area contributed by atoms with Crippen LogP contribution in [-0.2, 0) is 6.42 Å². The Morgan fingerprint density at radius 2 is 1.62 bits per heavy atom. The summed E-state index contributed by atoms with van der Waals surface area (Å²) >= 11 is 0. The molecule has 0 radical (unpaired) electrons. The monoisotopic (exact) mass is 359 g/mol. The number of hydrogen-bond donors (Lipinski definition) is 3. The van der Waals surface area contributed by atoms with Gasteiger partial charge in [0.25, 0.3) is 0 Å². The van der Waals surface area contributed by atoms with Crippen LogP contribution in [0.15, 0.2) is 24.3 Å². The maximum Gasteiger partial charge on any atom is 0.119 e. The van der Waals surface area contributed by atoms with Gasteiger partial charge in [0.05, 0.1) is 25.4 Å². The van der Waals surface area contributed by atoms with E-state index in [4.69, 9.17) is 20.7 Å². The molecule has 4 nitrogen and oxygen atoms in total. The highest BCUT2D eigenvalue weighted by molar-refractivity contribution is 5.85. The maximum atomic E-state index is 9.15. The van der Waals surface area contributed by atoms with Gasteiger partial charge in [0.1, 0.15) is 5.75 Å². The van der Waals surface area contributed by atoms with E-state index in [9.17, 15) is 0 Å². The molecule has 0 aliphatic carbocycles. The molecule has 0 saturated heterocycles. The van der Waals surface area contributed by atoms with Crippen molar-refractivity contribution in [2.45, 2.75) is 63.8 Å². The summed E-state index contributed by atoms with van der Waals surface area (Å²) < 4.78 is 5.73. The van der Waals surface area contributed by atoms with E-state index < -0.39 is 5.54 Å². The fourth-order valence-electron chi connectivity index (χ4n) is 2.49. The van der Waals surface area contributed by atoms with Gasteiger partial charge >= 0.3 is 0 Å². The van der Waals surface area contributed by atoms with Crippen molar-refractivity contribution >= 4 is 12.4 Å².